The number of aliphatic hydroxyl groups is 1. The van der Waals surface area contributed by atoms with Gasteiger partial charge in [-0.05, 0) is 30.1 Å². The summed E-state index contributed by atoms with van der Waals surface area (Å²) in [4.78, 5) is 11.8. The molecule has 1 aliphatic carbocycles. The zero-order chi connectivity index (χ0) is 20.8. The molecule has 29 heavy (non-hydrogen) atoms. The van der Waals surface area contributed by atoms with E-state index < -0.39 is 11.6 Å². The van der Waals surface area contributed by atoms with Crippen LogP contribution >= 0.6 is 0 Å². The molecule has 0 saturated heterocycles. The van der Waals surface area contributed by atoms with Crippen LogP contribution in [0.3, 0.4) is 0 Å². The van der Waals surface area contributed by atoms with Gasteiger partial charge in [0.15, 0.2) is 5.60 Å². The molecule has 1 unspecified atom stereocenters. The van der Waals surface area contributed by atoms with Crippen LogP contribution in [0.25, 0.3) is 5.57 Å². The zero-order valence-corrected chi connectivity index (χ0v) is 17.5. The maximum absolute atomic E-state index is 11.8. The zero-order valence-electron chi connectivity index (χ0n) is 17.5. The molecule has 0 saturated carbocycles. The number of aliphatic hydroxyl groups excluding tert-OH is 1. The number of hydrogen-bond acceptors (Lipinski definition) is 3. The lowest BCUT2D eigenvalue weighted by Gasteiger charge is -2.28. The maximum Gasteiger partial charge on any atom is 0.340 e. The first-order chi connectivity index (χ1) is 14.2. The highest BCUT2D eigenvalue weighted by atomic mass is 16.5. The van der Waals surface area contributed by atoms with E-state index in [1.54, 1.807) is 6.08 Å². The lowest BCUT2D eigenvalue weighted by atomic mass is 9.89. The number of hydrogen-bond donors (Lipinski definition) is 2. The molecule has 4 heteroatoms. The number of rotatable bonds is 15. The van der Waals surface area contributed by atoms with E-state index in [1.807, 2.05) is 42.5 Å². The summed E-state index contributed by atoms with van der Waals surface area (Å²) in [7, 11) is 0. The molecule has 2 N–H and O–H groups in total. The fourth-order valence-corrected chi connectivity index (χ4v) is 3.68. The van der Waals surface area contributed by atoms with Crippen LogP contribution in [0.1, 0.15) is 76.2 Å². The van der Waals surface area contributed by atoms with Crippen LogP contribution in [0.2, 0.25) is 0 Å². The van der Waals surface area contributed by atoms with Crippen LogP contribution in [0, 0.1) is 0 Å². The SMILES string of the molecule is O=C(O)C1(OCCCCCCCCCCCCO)C=CC(c2ccccc2)=CC1. The Morgan fingerprint density at radius 3 is 2.00 bits per heavy atom. The molecule has 160 valence electrons. The van der Waals surface area contributed by atoms with Crippen molar-refractivity contribution in [3.05, 3.63) is 54.1 Å². The molecule has 4 nitrogen and oxygen atoms in total. The molecule has 2 rings (SSSR count). The largest absolute Gasteiger partial charge is 0.479 e. The van der Waals surface area contributed by atoms with Gasteiger partial charge in [0.05, 0.1) is 0 Å². The molecule has 1 aliphatic rings. The Morgan fingerprint density at radius 1 is 0.897 bits per heavy atom. The minimum absolute atomic E-state index is 0.311. The fraction of sp³-hybridized carbons (Fsp3) is 0.560. The van der Waals surface area contributed by atoms with Crippen LogP contribution in [0.15, 0.2) is 48.6 Å². The fourth-order valence-electron chi connectivity index (χ4n) is 3.68. The number of carboxylic acid groups (broad SMARTS) is 1. The predicted octanol–water partition coefficient (Wildman–Crippen LogP) is 5.76. The summed E-state index contributed by atoms with van der Waals surface area (Å²) < 4.78 is 5.85. The Morgan fingerprint density at radius 2 is 1.48 bits per heavy atom. The first-order valence-electron chi connectivity index (χ1n) is 11.1. The van der Waals surface area contributed by atoms with Crippen LogP contribution in [-0.4, -0.2) is 35.0 Å². The van der Waals surface area contributed by atoms with Gasteiger partial charge in [0.1, 0.15) is 0 Å². The Hall–Kier alpha value is -1.91. The van der Waals surface area contributed by atoms with Crippen molar-refractivity contribution in [3.63, 3.8) is 0 Å². The monoisotopic (exact) mass is 400 g/mol. The minimum atomic E-state index is -1.23. The summed E-state index contributed by atoms with van der Waals surface area (Å²) in [6.45, 7) is 0.789. The number of benzene rings is 1. The van der Waals surface area contributed by atoms with Gasteiger partial charge in [0, 0.05) is 19.6 Å². The van der Waals surface area contributed by atoms with Crippen molar-refractivity contribution in [2.75, 3.05) is 13.2 Å². The second-order valence-corrected chi connectivity index (χ2v) is 7.87. The van der Waals surface area contributed by atoms with Gasteiger partial charge >= 0.3 is 5.97 Å². The molecular weight excluding hydrogens is 364 g/mol. The molecule has 1 aromatic carbocycles. The van der Waals surface area contributed by atoms with Crippen molar-refractivity contribution >= 4 is 11.5 Å². The van der Waals surface area contributed by atoms with E-state index in [9.17, 15) is 9.90 Å². The lowest BCUT2D eigenvalue weighted by molar-refractivity contribution is -0.159. The van der Waals surface area contributed by atoms with Crippen LogP contribution in [0.4, 0.5) is 0 Å². The van der Waals surface area contributed by atoms with Crippen LogP contribution < -0.4 is 0 Å². The third kappa shape index (κ3) is 8.15. The molecule has 0 fully saturated rings. The molecule has 0 aliphatic heterocycles. The van der Waals surface area contributed by atoms with Crippen LogP contribution in [0.5, 0.6) is 0 Å². The normalized spacial score (nSPS) is 18.6. The van der Waals surface area contributed by atoms with E-state index in [0.29, 0.717) is 19.6 Å². The van der Waals surface area contributed by atoms with Crippen molar-refractivity contribution in [2.45, 2.75) is 76.2 Å². The van der Waals surface area contributed by atoms with Gasteiger partial charge in [-0.3, -0.25) is 0 Å². The number of carboxylic acids is 1. The molecule has 0 bridgehead atoms. The molecule has 0 spiro atoms. The van der Waals surface area contributed by atoms with Gasteiger partial charge in [-0.15, -0.1) is 0 Å². The summed E-state index contributed by atoms with van der Waals surface area (Å²) >= 11 is 0. The number of aliphatic carboxylic acids is 1. The third-order valence-corrected chi connectivity index (χ3v) is 5.54. The first kappa shape index (κ1) is 23.4. The topological polar surface area (TPSA) is 66.8 Å². The van der Waals surface area contributed by atoms with E-state index >= 15 is 0 Å². The quantitative estimate of drug-likeness (QED) is 0.367. The van der Waals surface area contributed by atoms with Gasteiger partial charge in [-0.1, -0.05) is 93.9 Å². The highest BCUT2D eigenvalue weighted by molar-refractivity contribution is 5.85. The van der Waals surface area contributed by atoms with Gasteiger partial charge in [-0.2, -0.15) is 0 Å². The summed E-state index contributed by atoms with van der Waals surface area (Å²) in [5.74, 6) is -0.918. The molecule has 1 aromatic rings. The summed E-state index contributed by atoms with van der Waals surface area (Å²) in [5.41, 5.74) is 0.908. The first-order valence-corrected chi connectivity index (χ1v) is 11.1. The average Bonchev–Trinajstić information content (AvgIpc) is 2.75. The van der Waals surface area contributed by atoms with Gasteiger partial charge in [-0.25, -0.2) is 4.79 Å². The number of allylic oxidation sites excluding steroid dienone is 2. The van der Waals surface area contributed by atoms with Crippen molar-refractivity contribution in [1.82, 2.24) is 0 Å². The van der Waals surface area contributed by atoms with Gasteiger partial charge < -0.3 is 14.9 Å². The van der Waals surface area contributed by atoms with Gasteiger partial charge in [0.2, 0.25) is 0 Å². The average molecular weight is 401 g/mol. The Labute approximate surface area is 175 Å². The molecule has 0 heterocycles. The van der Waals surface area contributed by atoms with E-state index in [2.05, 4.69) is 0 Å². The summed E-state index contributed by atoms with van der Waals surface area (Å²) in [6.07, 6.45) is 17.3. The van der Waals surface area contributed by atoms with E-state index in [-0.39, 0.29) is 0 Å². The minimum Gasteiger partial charge on any atom is -0.479 e. The smallest absolute Gasteiger partial charge is 0.340 e. The third-order valence-electron chi connectivity index (χ3n) is 5.54. The number of carbonyl (C=O) groups is 1. The van der Waals surface area contributed by atoms with Crippen molar-refractivity contribution in [1.29, 1.82) is 0 Å². The Kier molecular flexibility index (Phi) is 10.7. The van der Waals surface area contributed by atoms with E-state index in [0.717, 1.165) is 36.8 Å². The number of unbranched alkanes of at least 4 members (excludes halogenated alkanes) is 9. The second-order valence-electron chi connectivity index (χ2n) is 7.87. The summed E-state index contributed by atoms with van der Waals surface area (Å²) in [5, 5.41) is 18.5. The second kappa shape index (κ2) is 13.3. The highest BCUT2D eigenvalue weighted by Gasteiger charge is 2.37. The molecule has 0 aromatic heterocycles. The Bertz CT molecular complexity index is 650. The summed E-state index contributed by atoms with van der Waals surface area (Å²) in [6, 6.07) is 9.99. The van der Waals surface area contributed by atoms with Crippen molar-refractivity contribution in [2.24, 2.45) is 0 Å². The molecular formula is C25H36O4. The van der Waals surface area contributed by atoms with E-state index in [1.165, 1.54) is 38.5 Å². The van der Waals surface area contributed by atoms with Crippen LogP contribution in [-0.2, 0) is 9.53 Å². The highest BCUT2D eigenvalue weighted by Crippen LogP contribution is 2.30. The van der Waals surface area contributed by atoms with Crippen molar-refractivity contribution < 1.29 is 19.7 Å². The predicted molar refractivity (Wildman–Crippen MR) is 118 cm³/mol. The standard InChI is InChI=1S/C25H36O4/c26-20-12-7-5-3-1-2-4-6-8-13-21-29-25(24(27)28)18-16-23(17-19-25)22-14-10-9-11-15-22/h9-11,14-18,26H,1-8,12-13,19-21H2,(H,27,28). The number of ether oxygens (including phenoxy) is 1. The lowest BCUT2D eigenvalue weighted by Crippen LogP contribution is -2.40. The van der Waals surface area contributed by atoms with E-state index in [4.69, 9.17) is 9.84 Å². The molecule has 0 amide bonds. The Balaban J connectivity index is 1.61. The van der Waals surface area contributed by atoms with Crippen molar-refractivity contribution in [3.8, 4) is 0 Å². The molecule has 1 atom stereocenters. The molecule has 0 radical (unpaired) electrons. The maximum atomic E-state index is 11.8. The van der Waals surface area contributed by atoms with Gasteiger partial charge in [0.25, 0.3) is 0 Å².